The van der Waals surface area contributed by atoms with E-state index in [9.17, 15) is 14.7 Å². The molecule has 2 heterocycles. The molecule has 0 bridgehead atoms. The lowest BCUT2D eigenvalue weighted by Crippen LogP contribution is -2.53. The number of pyridine rings is 1. The number of aliphatic carboxylic acids is 1. The van der Waals surface area contributed by atoms with Crippen LogP contribution >= 0.6 is 11.6 Å². The van der Waals surface area contributed by atoms with E-state index in [1.807, 2.05) is 36.5 Å². The molecule has 1 aromatic heterocycles. The minimum Gasteiger partial charge on any atom is -0.494 e. The van der Waals surface area contributed by atoms with Crippen LogP contribution in [0, 0.1) is 11.8 Å². The van der Waals surface area contributed by atoms with E-state index in [0.717, 1.165) is 106 Å². The van der Waals surface area contributed by atoms with E-state index in [-0.39, 0.29) is 17.2 Å². The zero-order chi connectivity index (χ0) is 46.1. The summed E-state index contributed by atoms with van der Waals surface area (Å²) in [5.74, 6) is 2.84. The molecule has 3 aromatic carbocycles. The van der Waals surface area contributed by atoms with Crippen LogP contribution in [0.15, 0.2) is 79.0 Å². The second-order valence-corrected chi connectivity index (χ2v) is 20.1. The molecule has 12 heteroatoms. The number of nitrogens with one attached hydrogen (secondary N) is 2. The highest BCUT2D eigenvalue weighted by atomic mass is 35.5. The summed E-state index contributed by atoms with van der Waals surface area (Å²) >= 11 is 6.33. The quantitative estimate of drug-likeness (QED) is 0.0739. The van der Waals surface area contributed by atoms with E-state index in [1.54, 1.807) is 12.1 Å². The van der Waals surface area contributed by atoms with Gasteiger partial charge in [0.1, 0.15) is 29.4 Å². The Morgan fingerprint density at radius 3 is 2.53 bits per heavy atom. The van der Waals surface area contributed by atoms with E-state index in [4.69, 9.17) is 25.8 Å². The first kappa shape index (κ1) is 47.6. The number of carbonyl (C=O) groups is 2. The number of ether oxygens (including phenoxy) is 3. The van der Waals surface area contributed by atoms with Gasteiger partial charge in [-0.1, -0.05) is 49.7 Å². The first-order valence-corrected chi connectivity index (χ1v) is 24.9. The number of anilines is 1. The second-order valence-electron chi connectivity index (χ2n) is 19.7. The van der Waals surface area contributed by atoms with Crippen LogP contribution in [0.5, 0.6) is 17.2 Å². The Balaban J connectivity index is 0.862. The van der Waals surface area contributed by atoms with Gasteiger partial charge in [0.25, 0.3) is 0 Å². The average Bonchev–Trinajstić information content (AvgIpc) is 3.59. The smallest absolute Gasteiger partial charge is 0.329 e. The highest BCUT2D eigenvalue weighted by Crippen LogP contribution is 2.57. The molecule has 0 radical (unpaired) electrons. The van der Waals surface area contributed by atoms with Crippen LogP contribution in [0.4, 0.5) is 5.69 Å². The number of rotatable bonds is 20. The number of halogens is 1. The van der Waals surface area contributed by atoms with Crippen LogP contribution in [-0.4, -0.2) is 103 Å². The fraction of sp³-hybridized carbons (Fsp3) is 0.537. The molecule has 4 aromatic rings. The van der Waals surface area contributed by atoms with Crippen LogP contribution in [0.2, 0.25) is 5.02 Å². The van der Waals surface area contributed by atoms with Gasteiger partial charge in [0.15, 0.2) is 0 Å². The van der Waals surface area contributed by atoms with Gasteiger partial charge in [-0.3, -0.25) is 14.7 Å². The lowest BCUT2D eigenvalue weighted by atomic mass is 9.59. The number of piperazine rings is 1. The van der Waals surface area contributed by atoms with Crippen LogP contribution < -0.4 is 24.8 Å². The van der Waals surface area contributed by atoms with E-state index in [0.29, 0.717) is 68.9 Å². The number of hydrogen-bond donors (Lipinski definition) is 3. The number of aryl methyl sites for hydroxylation is 1. The van der Waals surface area contributed by atoms with Crippen molar-refractivity contribution < 1.29 is 28.9 Å². The Labute approximate surface area is 396 Å². The van der Waals surface area contributed by atoms with Gasteiger partial charge < -0.3 is 34.9 Å². The summed E-state index contributed by atoms with van der Waals surface area (Å²) in [5.41, 5.74) is 5.57. The molecule has 1 unspecified atom stereocenters. The number of carboxylic acid groups (broad SMARTS) is 1. The van der Waals surface area contributed by atoms with Gasteiger partial charge in [-0.25, -0.2) is 4.79 Å². The fourth-order valence-corrected chi connectivity index (χ4v) is 11.4. The number of nitrogens with zero attached hydrogens (tertiary/aromatic N) is 3. The van der Waals surface area contributed by atoms with E-state index in [2.05, 4.69) is 76.6 Å². The zero-order valence-electron chi connectivity index (χ0n) is 39.3. The summed E-state index contributed by atoms with van der Waals surface area (Å²) in [4.78, 5) is 35.5. The Hall–Kier alpha value is -4.84. The van der Waals surface area contributed by atoms with E-state index < -0.39 is 11.5 Å². The first-order valence-electron chi connectivity index (χ1n) is 24.5. The topological polar surface area (TPSA) is 125 Å². The van der Waals surface area contributed by atoms with Crippen molar-refractivity contribution in [3.8, 4) is 17.2 Å². The zero-order valence-corrected chi connectivity index (χ0v) is 40.1. The first-order chi connectivity index (χ1) is 32.0. The molecule has 3 aliphatic carbocycles. The monoisotopic (exact) mass is 920 g/mol. The number of hydrogen-bond acceptors (Lipinski definition) is 9. The van der Waals surface area contributed by atoms with Crippen LogP contribution in [-0.2, 0) is 34.3 Å². The molecule has 66 heavy (non-hydrogen) atoms. The van der Waals surface area contributed by atoms with Gasteiger partial charge in [-0.2, -0.15) is 0 Å². The van der Waals surface area contributed by atoms with E-state index in [1.165, 1.54) is 28.8 Å². The molecule has 1 saturated heterocycles. The molecule has 2 fully saturated rings. The number of carbonyl (C=O) groups excluding carboxylic acids is 1. The van der Waals surface area contributed by atoms with E-state index >= 15 is 0 Å². The average molecular weight is 921 g/mol. The van der Waals surface area contributed by atoms with Gasteiger partial charge in [0.05, 0.1) is 13.2 Å². The molecule has 1 amide bonds. The molecule has 3 N–H and O–H groups in total. The van der Waals surface area contributed by atoms with Crippen molar-refractivity contribution in [2.45, 2.75) is 108 Å². The standard InChI is InChI=1S/C54H70ClN5O6/c1-38(37-66-49-18-24-56-48-13-4-8-39(2)51(48)49)32-42-34-41-15-16-46(36-47(41)53(42)19-21-54(22-20-53,52(62)63)58-44-11-6-10-43(55)35-44)64-30-7-14-50(61)57-23-17-40-9-5-12-45(33-40)65-31-29-60-27-25-59(3)26-28-60/h5-6,9-12,15-16,18,24,33,35-36,38-39,42,58H,4,7-8,13-14,17,19-23,25-32,34,37H2,1-3H3,(H,57,61)(H,62,63)/t38-,39-,42?,53?,54?/m1/s1. The highest BCUT2D eigenvalue weighted by molar-refractivity contribution is 6.30. The fourth-order valence-electron chi connectivity index (χ4n) is 11.2. The lowest BCUT2D eigenvalue weighted by Gasteiger charge is -2.47. The molecular weight excluding hydrogens is 850 g/mol. The minimum absolute atomic E-state index is 0.0147. The van der Waals surface area contributed by atoms with Crippen molar-refractivity contribution in [1.82, 2.24) is 20.1 Å². The number of benzene rings is 3. The number of carboxylic acids is 1. The Morgan fingerprint density at radius 1 is 0.939 bits per heavy atom. The van der Waals surface area contributed by atoms with Gasteiger partial charge in [-0.05, 0) is 166 Å². The van der Waals surface area contributed by atoms with Gasteiger partial charge >= 0.3 is 5.97 Å². The van der Waals surface area contributed by atoms with Gasteiger partial charge in [-0.15, -0.1) is 0 Å². The molecule has 3 atom stereocenters. The van der Waals surface area contributed by atoms with Crippen LogP contribution in [0.3, 0.4) is 0 Å². The highest BCUT2D eigenvalue weighted by Gasteiger charge is 2.54. The minimum atomic E-state index is -1.10. The Morgan fingerprint density at radius 2 is 1.73 bits per heavy atom. The lowest BCUT2D eigenvalue weighted by molar-refractivity contribution is -0.144. The maximum absolute atomic E-state index is 13.1. The maximum atomic E-state index is 13.1. The van der Waals surface area contributed by atoms with Crippen molar-refractivity contribution in [3.05, 3.63) is 112 Å². The largest absolute Gasteiger partial charge is 0.494 e. The molecule has 1 aliphatic heterocycles. The molecule has 8 rings (SSSR count). The third-order valence-electron chi connectivity index (χ3n) is 15.0. The normalized spacial score (nSPS) is 23.4. The summed E-state index contributed by atoms with van der Waals surface area (Å²) in [6, 6.07) is 24.0. The Bertz CT molecular complexity index is 2270. The van der Waals surface area contributed by atoms with Gasteiger partial charge in [0, 0.05) is 73.9 Å². The molecule has 11 nitrogen and oxygen atoms in total. The number of fused-ring (bicyclic) bond motifs is 3. The second kappa shape index (κ2) is 21.9. The summed E-state index contributed by atoms with van der Waals surface area (Å²) in [6.45, 7) is 12.1. The Kier molecular flexibility index (Phi) is 15.8. The number of amides is 1. The van der Waals surface area contributed by atoms with Crippen molar-refractivity contribution in [3.63, 3.8) is 0 Å². The van der Waals surface area contributed by atoms with Crippen molar-refractivity contribution in [2.75, 3.05) is 71.5 Å². The summed E-state index contributed by atoms with van der Waals surface area (Å²) in [6.07, 6.45) is 11.2. The predicted octanol–water partition coefficient (Wildman–Crippen LogP) is 9.34. The predicted molar refractivity (Wildman–Crippen MR) is 261 cm³/mol. The molecular formula is C54H70ClN5O6. The third kappa shape index (κ3) is 11.6. The third-order valence-corrected chi connectivity index (χ3v) is 15.2. The van der Waals surface area contributed by atoms with Crippen molar-refractivity contribution in [1.29, 1.82) is 0 Å². The van der Waals surface area contributed by atoms with Crippen molar-refractivity contribution >= 4 is 29.2 Å². The van der Waals surface area contributed by atoms with Crippen LogP contribution in [0.1, 0.15) is 106 Å². The van der Waals surface area contributed by atoms with Gasteiger partial charge in [0.2, 0.25) is 5.91 Å². The molecule has 354 valence electrons. The molecule has 4 aliphatic rings. The van der Waals surface area contributed by atoms with Crippen LogP contribution in [0.25, 0.3) is 0 Å². The molecule has 1 saturated carbocycles. The summed E-state index contributed by atoms with van der Waals surface area (Å²) in [5, 5.41) is 17.8. The molecule has 1 spiro atoms. The SMILES string of the molecule is C[C@@H](COc1ccnc2c1[C@H](C)CCC2)CC1Cc2ccc(OCCCC(=O)NCCc3cccc(OCCN4CCN(C)CC4)c3)cc2C12CCC(Nc1cccc(Cl)c1)(C(=O)O)CC2. The summed E-state index contributed by atoms with van der Waals surface area (Å²) in [7, 11) is 2.17. The number of likely N-dealkylation sites (N-methyl/N-ethyl adjacent to an activating group) is 1. The number of aromatic nitrogens is 1. The van der Waals surface area contributed by atoms with Crippen molar-refractivity contribution in [2.24, 2.45) is 11.8 Å². The maximum Gasteiger partial charge on any atom is 0.329 e. The summed E-state index contributed by atoms with van der Waals surface area (Å²) < 4.78 is 19.0.